The van der Waals surface area contributed by atoms with Crippen LogP contribution in [-0.4, -0.2) is 5.91 Å². The number of hydrogen-bond donors (Lipinski definition) is 1. The minimum atomic E-state index is -0.516. The van der Waals surface area contributed by atoms with Crippen LogP contribution in [0.2, 0.25) is 0 Å². The molecule has 0 saturated heterocycles. The second-order valence-electron chi connectivity index (χ2n) is 7.24. The minimum absolute atomic E-state index is 0.0547. The normalized spacial score (nSPS) is 11.1. The van der Waals surface area contributed by atoms with Crippen molar-refractivity contribution in [1.82, 2.24) is 0 Å². The van der Waals surface area contributed by atoms with Gasteiger partial charge in [-0.25, -0.2) is 4.39 Å². The molecular weight excluding hydrogens is 483 g/mol. The van der Waals surface area contributed by atoms with Crippen LogP contribution in [0.4, 0.5) is 10.1 Å². The van der Waals surface area contributed by atoms with E-state index in [1.165, 1.54) is 18.2 Å². The summed E-state index contributed by atoms with van der Waals surface area (Å²) in [6.07, 6.45) is 1.54. The third-order valence-electron chi connectivity index (χ3n) is 4.99. The van der Waals surface area contributed by atoms with Gasteiger partial charge in [0.05, 0.1) is 0 Å². The molecule has 0 aliphatic heterocycles. The number of ether oxygens (including phenoxy) is 1. The first kappa shape index (κ1) is 22.3. The van der Waals surface area contributed by atoms with Crippen molar-refractivity contribution >= 4 is 44.4 Å². The molecule has 0 aliphatic carbocycles. The highest BCUT2D eigenvalue weighted by Gasteiger charge is 2.14. The second kappa shape index (κ2) is 10.1. The van der Waals surface area contributed by atoms with Crippen molar-refractivity contribution in [2.45, 2.75) is 6.61 Å². The fourth-order valence-electron chi connectivity index (χ4n) is 3.32. The van der Waals surface area contributed by atoms with Crippen molar-refractivity contribution in [2.75, 3.05) is 5.32 Å². The molecule has 1 amide bonds. The molecule has 0 bridgehead atoms. The van der Waals surface area contributed by atoms with Crippen LogP contribution in [0, 0.1) is 17.1 Å². The van der Waals surface area contributed by atoms with E-state index in [1.807, 2.05) is 36.4 Å². The number of anilines is 1. The van der Waals surface area contributed by atoms with Crippen molar-refractivity contribution < 1.29 is 13.9 Å². The highest BCUT2D eigenvalue weighted by atomic mass is 79.9. The van der Waals surface area contributed by atoms with E-state index in [2.05, 4.69) is 21.2 Å². The van der Waals surface area contributed by atoms with Gasteiger partial charge in [0.1, 0.15) is 29.8 Å². The van der Waals surface area contributed by atoms with E-state index in [0.717, 1.165) is 20.8 Å². The highest BCUT2D eigenvalue weighted by Crippen LogP contribution is 2.31. The molecule has 33 heavy (non-hydrogen) atoms. The van der Waals surface area contributed by atoms with Gasteiger partial charge in [0.15, 0.2) is 0 Å². The average molecular weight is 501 g/mol. The fourth-order valence-corrected chi connectivity index (χ4v) is 3.58. The molecule has 4 aromatic carbocycles. The molecule has 0 fully saturated rings. The summed E-state index contributed by atoms with van der Waals surface area (Å²) in [6.45, 7) is 0.215. The molecule has 0 heterocycles. The van der Waals surface area contributed by atoms with Crippen LogP contribution in [0.5, 0.6) is 5.75 Å². The number of carbonyl (C=O) groups excluding carboxylic acids is 1. The third kappa shape index (κ3) is 5.46. The molecule has 1 N–H and O–H groups in total. The summed E-state index contributed by atoms with van der Waals surface area (Å²) in [5, 5.41) is 14.3. The summed E-state index contributed by atoms with van der Waals surface area (Å²) in [6, 6.07) is 26.5. The third-order valence-corrected chi connectivity index (χ3v) is 5.52. The molecule has 0 saturated carbocycles. The minimum Gasteiger partial charge on any atom is -0.488 e. The number of fused-ring (bicyclic) bond motifs is 1. The first-order valence-electron chi connectivity index (χ1n) is 10.1. The summed E-state index contributed by atoms with van der Waals surface area (Å²) in [4.78, 5) is 12.8. The summed E-state index contributed by atoms with van der Waals surface area (Å²) in [5.41, 5.74) is 1.95. The van der Waals surface area contributed by atoms with Gasteiger partial charge in [0.25, 0.3) is 5.91 Å². The molecule has 6 heteroatoms. The zero-order valence-electron chi connectivity index (χ0n) is 17.4. The summed E-state index contributed by atoms with van der Waals surface area (Å²) < 4.78 is 20.1. The number of halogens is 2. The lowest BCUT2D eigenvalue weighted by atomic mass is 10.0. The maximum absolute atomic E-state index is 13.2. The summed E-state index contributed by atoms with van der Waals surface area (Å²) >= 11 is 3.36. The first-order valence-corrected chi connectivity index (χ1v) is 10.9. The number of nitriles is 1. The van der Waals surface area contributed by atoms with Crippen LogP contribution in [0.15, 0.2) is 95.0 Å². The van der Waals surface area contributed by atoms with Crippen LogP contribution >= 0.6 is 15.9 Å². The fraction of sp³-hybridized carbons (Fsp3) is 0.0370. The second-order valence-corrected chi connectivity index (χ2v) is 8.16. The van der Waals surface area contributed by atoms with Gasteiger partial charge in [-0.3, -0.25) is 4.79 Å². The Kier molecular flexibility index (Phi) is 6.82. The zero-order chi connectivity index (χ0) is 23.2. The van der Waals surface area contributed by atoms with E-state index in [9.17, 15) is 14.4 Å². The highest BCUT2D eigenvalue weighted by molar-refractivity contribution is 9.10. The SMILES string of the molecule is N#C/C(=C\c1c(OCc2ccc(F)cc2)ccc2ccccc12)C(=O)Nc1ccc(Br)cc1. The van der Waals surface area contributed by atoms with E-state index in [4.69, 9.17) is 4.74 Å². The summed E-state index contributed by atoms with van der Waals surface area (Å²) in [5.74, 6) is -0.317. The number of nitrogens with zero attached hydrogens (tertiary/aromatic N) is 1. The van der Waals surface area contributed by atoms with Gasteiger partial charge in [0.2, 0.25) is 0 Å². The molecule has 4 rings (SSSR count). The number of hydrogen-bond acceptors (Lipinski definition) is 3. The van der Waals surface area contributed by atoms with E-state index >= 15 is 0 Å². The Bertz CT molecular complexity index is 1370. The number of amides is 1. The molecule has 0 aromatic heterocycles. The lowest BCUT2D eigenvalue weighted by Crippen LogP contribution is -2.13. The lowest BCUT2D eigenvalue weighted by Gasteiger charge is -2.13. The van der Waals surface area contributed by atoms with Crippen molar-refractivity contribution in [3.05, 3.63) is 112 Å². The largest absolute Gasteiger partial charge is 0.488 e. The van der Waals surface area contributed by atoms with E-state index in [-0.39, 0.29) is 18.0 Å². The van der Waals surface area contributed by atoms with Crippen molar-refractivity contribution in [2.24, 2.45) is 0 Å². The van der Waals surface area contributed by atoms with Gasteiger partial charge in [-0.1, -0.05) is 58.4 Å². The molecular formula is C27H18BrFN2O2. The Balaban J connectivity index is 1.68. The van der Waals surface area contributed by atoms with Crippen molar-refractivity contribution in [1.29, 1.82) is 5.26 Å². The van der Waals surface area contributed by atoms with Crippen LogP contribution in [0.3, 0.4) is 0 Å². The molecule has 0 aliphatic rings. The van der Waals surface area contributed by atoms with E-state index in [1.54, 1.807) is 42.5 Å². The predicted octanol–water partition coefficient (Wildman–Crippen LogP) is 6.87. The Morgan fingerprint density at radius 1 is 1.00 bits per heavy atom. The van der Waals surface area contributed by atoms with Gasteiger partial charge in [-0.2, -0.15) is 5.26 Å². The maximum atomic E-state index is 13.2. The smallest absolute Gasteiger partial charge is 0.266 e. The van der Waals surface area contributed by atoms with E-state index < -0.39 is 5.91 Å². The van der Waals surface area contributed by atoms with Gasteiger partial charge in [-0.05, 0) is 64.9 Å². The zero-order valence-corrected chi connectivity index (χ0v) is 19.0. The maximum Gasteiger partial charge on any atom is 0.266 e. The molecule has 162 valence electrons. The Labute approximate surface area is 199 Å². The van der Waals surface area contributed by atoms with Crippen LogP contribution in [-0.2, 0) is 11.4 Å². The van der Waals surface area contributed by atoms with Crippen LogP contribution < -0.4 is 10.1 Å². The van der Waals surface area contributed by atoms with E-state index in [0.29, 0.717) is 17.0 Å². The molecule has 4 nitrogen and oxygen atoms in total. The molecule has 4 aromatic rings. The van der Waals surface area contributed by atoms with Crippen LogP contribution in [0.25, 0.3) is 16.8 Å². The monoisotopic (exact) mass is 500 g/mol. The predicted molar refractivity (Wildman–Crippen MR) is 131 cm³/mol. The van der Waals surface area contributed by atoms with Gasteiger partial charge < -0.3 is 10.1 Å². The standard InChI is InChI=1S/C27H18BrFN2O2/c28-21-8-12-23(13-9-21)31-27(32)20(16-30)15-25-24-4-2-1-3-19(24)7-14-26(25)33-17-18-5-10-22(29)11-6-18/h1-15H,17H2,(H,31,32)/b20-15+. The van der Waals surface area contributed by atoms with Gasteiger partial charge in [0, 0.05) is 15.7 Å². The van der Waals surface area contributed by atoms with Crippen molar-refractivity contribution in [3.8, 4) is 11.8 Å². The van der Waals surface area contributed by atoms with Crippen LogP contribution in [0.1, 0.15) is 11.1 Å². The van der Waals surface area contributed by atoms with Gasteiger partial charge >= 0.3 is 0 Å². The van der Waals surface area contributed by atoms with Crippen molar-refractivity contribution in [3.63, 3.8) is 0 Å². The average Bonchev–Trinajstić information content (AvgIpc) is 2.84. The Hall–Kier alpha value is -3.95. The van der Waals surface area contributed by atoms with Gasteiger partial charge in [-0.15, -0.1) is 0 Å². The Morgan fingerprint density at radius 3 is 2.45 bits per heavy atom. The molecule has 0 radical (unpaired) electrons. The number of rotatable bonds is 6. The number of carbonyl (C=O) groups is 1. The topological polar surface area (TPSA) is 62.1 Å². The molecule has 0 unspecified atom stereocenters. The number of benzene rings is 4. The Morgan fingerprint density at radius 2 is 1.73 bits per heavy atom. The molecule has 0 spiro atoms. The summed E-state index contributed by atoms with van der Waals surface area (Å²) in [7, 11) is 0. The first-order chi connectivity index (χ1) is 16.0. The lowest BCUT2D eigenvalue weighted by molar-refractivity contribution is -0.112. The molecule has 0 atom stereocenters. The quantitative estimate of drug-likeness (QED) is 0.232. The number of nitrogens with one attached hydrogen (secondary N) is 1.